The van der Waals surface area contributed by atoms with E-state index in [1.165, 1.54) is 21.6 Å². The molecule has 0 heterocycles. The lowest BCUT2D eigenvalue weighted by atomic mass is 10.1. The topological polar surface area (TPSA) is 17.1 Å². The number of hydrogen-bond acceptors (Lipinski definition) is 2. The summed E-state index contributed by atoms with van der Waals surface area (Å²) in [5, 5.41) is 0. The summed E-state index contributed by atoms with van der Waals surface area (Å²) < 4.78 is 0. The molecule has 0 radical (unpaired) electrons. The van der Waals surface area contributed by atoms with Crippen LogP contribution in [0.1, 0.15) is 30.0 Å². The van der Waals surface area contributed by atoms with Gasteiger partial charge in [-0.15, -0.1) is 11.8 Å². The van der Waals surface area contributed by atoms with Gasteiger partial charge >= 0.3 is 0 Å². The molecule has 2 heteroatoms. The monoisotopic (exact) mass is 222 g/mol. The van der Waals surface area contributed by atoms with Crippen LogP contribution >= 0.6 is 11.8 Å². The van der Waals surface area contributed by atoms with Crippen LogP contribution in [0.2, 0.25) is 0 Å². The molecule has 0 amide bonds. The lowest BCUT2D eigenvalue weighted by molar-refractivity contribution is -0.116. The fraction of sp³-hybridized carbons (Fsp3) is 0.462. The Morgan fingerprint density at radius 3 is 2.20 bits per heavy atom. The fourth-order valence-corrected chi connectivity index (χ4v) is 2.86. The molecule has 0 unspecified atom stereocenters. The van der Waals surface area contributed by atoms with Gasteiger partial charge < -0.3 is 0 Å². The van der Waals surface area contributed by atoms with Crippen molar-refractivity contribution in [2.24, 2.45) is 0 Å². The van der Waals surface area contributed by atoms with E-state index in [0.29, 0.717) is 6.42 Å². The molecule has 0 fully saturated rings. The maximum Gasteiger partial charge on any atom is 0.130 e. The van der Waals surface area contributed by atoms with E-state index >= 15 is 0 Å². The third-order valence-electron chi connectivity index (χ3n) is 2.31. The van der Waals surface area contributed by atoms with Crippen LogP contribution in [0.15, 0.2) is 17.0 Å². The Morgan fingerprint density at radius 1 is 1.20 bits per heavy atom. The van der Waals surface area contributed by atoms with Crippen LogP contribution in [0.3, 0.4) is 0 Å². The van der Waals surface area contributed by atoms with Crippen LogP contribution < -0.4 is 0 Å². The lowest BCUT2D eigenvalue weighted by Crippen LogP contribution is -1.94. The summed E-state index contributed by atoms with van der Waals surface area (Å²) in [5.41, 5.74) is 3.95. The van der Waals surface area contributed by atoms with Gasteiger partial charge in [-0.1, -0.05) is 17.7 Å². The Hall–Kier alpha value is -0.760. The van der Waals surface area contributed by atoms with E-state index in [1.807, 2.05) is 0 Å². The predicted molar refractivity (Wildman–Crippen MR) is 66.7 cm³/mol. The highest BCUT2D eigenvalue weighted by atomic mass is 32.2. The summed E-state index contributed by atoms with van der Waals surface area (Å²) in [7, 11) is 0. The molecule has 0 spiro atoms. The van der Waals surface area contributed by atoms with E-state index in [1.54, 1.807) is 18.7 Å². The van der Waals surface area contributed by atoms with Crippen LogP contribution in [0.5, 0.6) is 0 Å². The van der Waals surface area contributed by atoms with Crippen LogP contribution in [0.25, 0.3) is 0 Å². The molecule has 0 N–H and O–H groups in total. The second kappa shape index (κ2) is 5.36. The third-order valence-corrected chi connectivity index (χ3v) is 3.65. The zero-order valence-corrected chi connectivity index (χ0v) is 10.7. The molecule has 0 aromatic heterocycles. The summed E-state index contributed by atoms with van der Waals surface area (Å²) in [6.07, 6.45) is 0.664. The molecule has 0 atom stereocenters. The average molecular weight is 222 g/mol. The zero-order valence-electron chi connectivity index (χ0n) is 9.89. The van der Waals surface area contributed by atoms with Gasteiger partial charge in [0.2, 0.25) is 0 Å². The molecule has 0 aliphatic heterocycles. The molecule has 1 aromatic rings. The molecule has 1 aromatic carbocycles. The molecule has 0 saturated carbocycles. The normalized spacial score (nSPS) is 10.4. The number of carbonyl (C=O) groups excluding carboxylic acids is 1. The highest BCUT2D eigenvalue weighted by Gasteiger charge is 2.04. The highest BCUT2D eigenvalue weighted by molar-refractivity contribution is 7.99. The van der Waals surface area contributed by atoms with Gasteiger partial charge in [0.25, 0.3) is 0 Å². The van der Waals surface area contributed by atoms with E-state index in [-0.39, 0.29) is 5.78 Å². The van der Waals surface area contributed by atoms with Gasteiger partial charge in [0, 0.05) is 17.1 Å². The Morgan fingerprint density at radius 2 is 1.73 bits per heavy atom. The Kier molecular flexibility index (Phi) is 4.40. The van der Waals surface area contributed by atoms with Crippen molar-refractivity contribution >= 4 is 17.5 Å². The largest absolute Gasteiger partial charge is 0.300 e. The van der Waals surface area contributed by atoms with Crippen molar-refractivity contribution in [1.82, 2.24) is 0 Å². The minimum atomic E-state index is 0.268. The summed E-state index contributed by atoms with van der Waals surface area (Å²) in [6.45, 7) is 8.03. The van der Waals surface area contributed by atoms with Crippen LogP contribution in [0.4, 0.5) is 0 Å². The smallest absolute Gasteiger partial charge is 0.130 e. The van der Waals surface area contributed by atoms with Crippen molar-refractivity contribution in [3.05, 3.63) is 28.8 Å². The fourth-order valence-electron chi connectivity index (χ4n) is 1.69. The summed E-state index contributed by atoms with van der Waals surface area (Å²) in [4.78, 5) is 12.2. The Bertz CT molecular complexity index is 346. The van der Waals surface area contributed by atoms with E-state index in [0.717, 1.165) is 5.75 Å². The minimum absolute atomic E-state index is 0.268. The quantitative estimate of drug-likeness (QED) is 0.723. The first-order valence-electron chi connectivity index (χ1n) is 5.21. The van der Waals surface area contributed by atoms with Crippen molar-refractivity contribution < 1.29 is 4.79 Å². The molecule has 0 bridgehead atoms. The second-order valence-electron chi connectivity index (χ2n) is 4.03. The van der Waals surface area contributed by atoms with Crippen LogP contribution in [-0.4, -0.2) is 11.5 Å². The summed E-state index contributed by atoms with van der Waals surface area (Å²) >= 11 is 1.79. The first-order chi connectivity index (χ1) is 7.00. The van der Waals surface area contributed by atoms with Crippen LogP contribution in [-0.2, 0) is 4.79 Å². The van der Waals surface area contributed by atoms with Gasteiger partial charge in [-0.25, -0.2) is 0 Å². The van der Waals surface area contributed by atoms with Crippen molar-refractivity contribution in [2.75, 3.05) is 5.75 Å². The number of ketones is 1. The molecule has 0 aliphatic carbocycles. The minimum Gasteiger partial charge on any atom is -0.300 e. The molecule has 1 rings (SSSR count). The van der Waals surface area contributed by atoms with Gasteiger partial charge in [0.1, 0.15) is 5.78 Å². The summed E-state index contributed by atoms with van der Waals surface area (Å²) in [5.74, 6) is 1.16. The van der Waals surface area contributed by atoms with Gasteiger partial charge in [-0.05, 0) is 38.8 Å². The van der Waals surface area contributed by atoms with Crippen molar-refractivity contribution in [3.63, 3.8) is 0 Å². The van der Waals surface area contributed by atoms with Gasteiger partial charge in [0.05, 0.1) is 0 Å². The number of Topliss-reactive ketones (excluding diaryl/α,β-unsaturated/α-hetero) is 1. The predicted octanol–water partition coefficient (Wildman–Crippen LogP) is 3.68. The SMILES string of the molecule is CC(=O)CCSc1c(C)cc(C)cc1C. The van der Waals surface area contributed by atoms with E-state index in [4.69, 9.17) is 0 Å². The van der Waals surface area contributed by atoms with Crippen molar-refractivity contribution in [2.45, 2.75) is 39.0 Å². The molecule has 0 saturated heterocycles. The molecular weight excluding hydrogens is 204 g/mol. The number of aryl methyl sites for hydroxylation is 3. The molecule has 15 heavy (non-hydrogen) atoms. The maximum absolute atomic E-state index is 10.8. The lowest BCUT2D eigenvalue weighted by Gasteiger charge is -2.10. The van der Waals surface area contributed by atoms with Gasteiger partial charge in [-0.3, -0.25) is 4.79 Å². The molecule has 1 nitrogen and oxygen atoms in total. The average Bonchev–Trinajstić information content (AvgIpc) is 2.08. The number of hydrogen-bond donors (Lipinski definition) is 0. The van der Waals surface area contributed by atoms with Crippen LogP contribution in [0, 0.1) is 20.8 Å². The molecule has 0 aliphatic rings. The molecule has 82 valence electrons. The van der Waals surface area contributed by atoms with Crippen molar-refractivity contribution in [1.29, 1.82) is 0 Å². The number of benzene rings is 1. The Balaban J connectivity index is 2.72. The molecular formula is C13H18OS. The highest BCUT2D eigenvalue weighted by Crippen LogP contribution is 2.27. The Labute approximate surface area is 96.3 Å². The second-order valence-corrected chi connectivity index (χ2v) is 5.13. The standard InChI is InChI=1S/C13H18OS/c1-9-7-10(2)13(11(3)8-9)15-6-5-12(4)14/h7-8H,5-6H2,1-4H3. The van der Waals surface area contributed by atoms with Gasteiger partial charge in [0.15, 0.2) is 0 Å². The third kappa shape index (κ3) is 3.71. The van der Waals surface area contributed by atoms with E-state index in [9.17, 15) is 4.79 Å². The van der Waals surface area contributed by atoms with E-state index in [2.05, 4.69) is 32.9 Å². The zero-order chi connectivity index (χ0) is 11.4. The summed E-state index contributed by atoms with van der Waals surface area (Å²) in [6, 6.07) is 4.40. The van der Waals surface area contributed by atoms with Gasteiger partial charge in [-0.2, -0.15) is 0 Å². The first kappa shape index (κ1) is 12.3. The number of rotatable bonds is 4. The number of carbonyl (C=O) groups is 1. The van der Waals surface area contributed by atoms with Crippen molar-refractivity contribution in [3.8, 4) is 0 Å². The first-order valence-corrected chi connectivity index (χ1v) is 6.19. The van der Waals surface area contributed by atoms with E-state index < -0.39 is 0 Å². The number of thioether (sulfide) groups is 1. The maximum atomic E-state index is 10.8.